The van der Waals surface area contributed by atoms with E-state index in [9.17, 15) is 5.11 Å². The van der Waals surface area contributed by atoms with Gasteiger partial charge in [0.2, 0.25) is 0 Å². The first-order valence-electron chi connectivity index (χ1n) is 7.22. The summed E-state index contributed by atoms with van der Waals surface area (Å²) in [4.78, 5) is 2.46. The Morgan fingerprint density at radius 2 is 1.50 bits per heavy atom. The van der Waals surface area contributed by atoms with Crippen LogP contribution in [0.4, 0.5) is 5.69 Å². The van der Waals surface area contributed by atoms with Crippen molar-refractivity contribution in [2.75, 3.05) is 18.0 Å². The minimum Gasteiger partial charge on any atom is -0.389 e. The van der Waals surface area contributed by atoms with Crippen LogP contribution in [0.15, 0.2) is 24.3 Å². The average Bonchev–Trinajstić information content (AvgIpc) is 2.39. The van der Waals surface area contributed by atoms with Crippen LogP contribution < -0.4 is 4.90 Å². The highest BCUT2D eigenvalue weighted by atomic mass is 16.3. The minimum atomic E-state index is -0.376. The first kappa shape index (κ1) is 15.0. The highest BCUT2D eigenvalue weighted by Gasteiger charge is 2.06. The van der Waals surface area contributed by atoms with E-state index >= 15 is 0 Å². The molecule has 0 spiro atoms. The third kappa shape index (κ3) is 4.69. The van der Waals surface area contributed by atoms with Crippen LogP contribution in [0, 0.1) is 0 Å². The lowest BCUT2D eigenvalue weighted by atomic mass is 10.1. The standard InChI is InChI=1S/C16H27NO/c1-4-6-12-17(13-7-5-2)16-10-8-15(9-11-16)14(3)18/h8-11,14,18H,4-7,12-13H2,1-3H3/t14-/m1/s1. The fraction of sp³-hybridized carbons (Fsp3) is 0.625. The second-order valence-electron chi connectivity index (χ2n) is 4.96. The molecular weight excluding hydrogens is 222 g/mol. The molecule has 2 heteroatoms. The summed E-state index contributed by atoms with van der Waals surface area (Å²) in [5.41, 5.74) is 2.27. The second kappa shape index (κ2) is 8.15. The Hall–Kier alpha value is -1.02. The number of hydrogen-bond donors (Lipinski definition) is 1. The lowest BCUT2D eigenvalue weighted by molar-refractivity contribution is 0.199. The summed E-state index contributed by atoms with van der Waals surface area (Å²) in [7, 11) is 0. The minimum absolute atomic E-state index is 0.376. The largest absolute Gasteiger partial charge is 0.389 e. The van der Waals surface area contributed by atoms with Crippen molar-refractivity contribution in [1.82, 2.24) is 0 Å². The number of aliphatic hydroxyl groups excluding tert-OH is 1. The molecule has 0 saturated carbocycles. The molecule has 0 amide bonds. The summed E-state index contributed by atoms with van der Waals surface area (Å²) in [6, 6.07) is 8.33. The highest BCUT2D eigenvalue weighted by molar-refractivity contribution is 5.47. The van der Waals surface area contributed by atoms with Crippen molar-refractivity contribution < 1.29 is 5.11 Å². The lowest BCUT2D eigenvalue weighted by Crippen LogP contribution is -2.25. The van der Waals surface area contributed by atoms with E-state index in [1.165, 1.54) is 31.4 Å². The van der Waals surface area contributed by atoms with Crippen molar-refractivity contribution in [2.45, 2.75) is 52.6 Å². The average molecular weight is 249 g/mol. The molecule has 1 aromatic rings. The zero-order chi connectivity index (χ0) is 13.4. The molecule has 0 unspecified atom stereocenters. The van der Waals surface area contributed by atoms with Crippen LogP contribution in [0.3, 0.4) is 0 Å². The number of benzene rings is 1. The third-order valence-corrected chi connectivity index (χ3v) is 3.30. The molecule has 1 atom stereocenters. The van der Waals surface area contributed by atoms with Crippen LogP contribution >= 0.6 is 0 Å². The molecule has 0 heterocycles. The zero-order valence-electron chi connectivity index (χ0n) is 12.0. The normalized spacial score (nSPS) is 12.4. The second-order valence-corrected chi connectivity index (χ2v) is 4.96. The topological polar surface area (TPSA) is 23.5 Å². The Morgan fingerprint density at radius 3 is 1.89 bits per heavy atom. The van der Waals surface area contributed by atoms with Gasteiger partial charge >= 0.3 is 0 Å². The molecule has 18 heavy (non-hydrogen) atoms. The van der Waals surface area contributed by atoms with Crippen molar-refractivity contribution in [2.24, 2.45) is 0 Å². The maximum Gasteiger partial charge on any atom is 0.0761 e. The van der Waals surface area contributed by atoms with E-state index in [4.69, 9.17) is 0 Å². The van der Waals surface area contributed by atoms with Gasteiger partial charge in [0.05, 0.1) is 6.10 Å². The Morgan fingerprint density at radius 1 is 1.00 bits per heavy atom. The van der Waals surface area contributed by atoms with Gasteiger partial charge in [0.25, 0.3) is 0 Å². The molecule has 0 aliphatic carbocycles. The molecule has 0 aromatic heterocycles. The first-order valence-corrected chi connectivity index (χ1v) is 7.22. The van der Waals surface area contributed by atoms with Gasteiger partial charge in [-0.25, -0.2) is 0 Å². The van der Waals surface area contributed by atoms with Crippen molar-refractivity contribution in [1.29, 1.82) is 0 Å². The van der Waals surface area contributed by atoms with E-state index in [-0.39, 0.29) is 6.10 Å². The van der Waals surface area contributed by atoms with Gasteiger partial charge in [0.15, 0.2) is 0 Å². The summed E-state index contributed by atoms with van der Waals surface area (Å²) in [5, 5.41) is 9.52. The summed E-state index contributed by atoms with van der Waals surface area (Å²) in [6.45, 7) is 8.53. The van der Waals surface area contributed by atoms with E-state index in [0.29, 0.717) is 0 Å². The van der Waals surface area contributed by atoms with Crippen molar-refractivity contribution in [3.05, 3.63) is 29.8 Å². The molecule has 1 aromatic carbocycles. The maximum absolute atomic E-state index is 9.52. The van der Waals surface area contributed by atoms with Crippen LogP contribution in [0.25, 0.3) is 0 Å². The molecule has 0 radical (unpaired) electrons. The third-order valence-electron chi connectivity index (χ3n) is 3.30. The summed E-state index contributed by atoms with van der Waals surface area (Å²) >= 11 is 0. The molecule has 1 N–H and O–H groups in total. The van der Waals surface area contributed by atoms with Crippen molar-refractivity contribution in [3.8, 4) is 0 Å². The monoisotopic (exact) mass is 249 g/mol. The predicted octanol–water partition coefficient (Wildman–Crippen LogP) is 4.15. The zero-order valence-corrected chi connectivity index (χ0v) is 12.0. The van der Waals surface area contributed by atoms with E-state index in [1.807, 2.05) is 12.1 Å². The lowest BCUT2D eigenvalue weighted by Gasteiger charge is -2.25. The number of rotatable bonds is 8. The van der Waals surface area contributed by atoms with Crippen molar-refractivity contribution in [3.63, 3.8) is 0 Å². The van der Waals surface area contributed by atoms with Gasteiger partial charge in [-0.05, 0) is 37.5 Å². The number of nitrogens with zero attached hydrogens (tertiary/aromatic N) is 1. The SMILES string of the molecule is CCCCN(CCCC)c1ccc([C@@H](C)O)cc1. The molecule has 0 saturated heterocycles. The van der Waals surface area contributed by atoms with Crippen LogP contribution in [-0.2, 0) is 0 Å². The maximum atomic E-state index is 9.52. The smallest absolute Gasteiger partial charge is 0.0761 e. The molecule has 102 valence electrons. The fourth-order valence-electron chi connectivity index (χ4n) is 2.03. The molecule has 0 aliphatic heterocycles. The first-order chi connectivity index (χ1) is 8.69. The molecule has 0 fully saturated rings. The van der Waals surface area contributed by atoms with Gasteiger partial charge in [-0.1, -0.05) is 38.8 Å². The van der Waals surface area contributed by atoms with Gasteiger partial charge < -0.3 is 10.0 Å². The number of hydrogen-bond acceptors (Lipinski definition) is 2. The quantitative estimate of drug-likeness (QED) is 0.748. The van der Waals surface area contributed by atoms with Crippen LogP contribution in [0.1, 0.15) is 58.1 Å². The summed E-state index contributed by atoms with van der Waals surface area (Å²) in [6.07, 6.45) is 4.56. The van der Waals surface area contributed by atoms with Crippen LogP contribution in [-0.4, -0.2) is 18.2 Å². The Kier molecular flexibility index (Phi) is 6.81. The Labute approximate surface area is 112 Å². The highest BCUT2D eigenvalue weighted by Crippen LogP contribution is 2.20. The van der Waals surface area contributed by atoms with Gasteiger partial charge in [-0.15, -0.1) is 0 Å². The van der Waals surface area contributed by atoms with Gasteiger partial charge in [-0.2, -0.15) is 0 Å². The van der Waals surface area contributed by atoms with Crippen LogP contribution in [0.2, 0.25) is 0 Å². The van der Waals surface area contributed by atoms with Gasteiger partial charge in [0.1, 0.15) is 0 Å². The molecule has 0 aliphatic rings. The van der Waals surface area contributed by atoms with Gasteiger partial charge in [0, 0.05) is 18.8 Å². The van der Waals surface area contributed by atoms with E-state index < -0.39 is 0 Å². The molecule has 0 bridgehead atoms. The number of anilines is 1. The van der Waals surface area contributed by atoms with Gasteiger partial charge in [-0.3, -0.25) is 0 Å². The Balaban J connectivity index is 2.70. The van der Waals surface area contributed by atoms with E-state index in [1.54, 1.807) is 6.92 Å². The van der Waals surface area contributed by atoms with E-state index in [0.717, 1.165) is 18.7 Å². The van der Waals surface area contributed by atoms with E-state index in [2.05, 4.69) is 30.9 Å². The molecular formula is C16H27NO. The predicted molar refractivity (Wildman–Crippen MR) is 79.1 cm³/mol. The molecule has 1 rings (SSSR count). The summed E-state index contributed by atoms with van der Waals surface area (Å²) < 4.78 is 0. The van der Waals surface area contributed by atoms with Crippen molar-refractivity contribution >= 4 is 5.69 Å². The fourth-order valence-corrected chi connectivity index (χ4v) is 2.03. The Bertz CT molecular complexity index is 310. The summed E-state index contributed by atoms with van der Waals surface area (Å²) in [5.74, 6) is 0. The number of aliphatic hydroxyl groups is 1. The van der Waals surface area contributed by atoms with Crippen LogP contribution in [0.5, 0.6) is 0 Å². The molecule has 2 nitrogen and oxygen atoms in total. The number of unbranched alkanes of at least 4 members (excludes halogenated alkanes) is 2.